The molecule has 102 valence electrons. The molecule has 1 heterocycles. The van der Waals surface area contributed by atoms with Crippen molar-refractivity contribution in [1.29, 1.82) is 0 Å². The lowest BCUT2D eigenvalue weighted by Gasteiger charge is -2.11. The molecular weight excluding hydrogens is 252 g/mol. The number of imidazole rings is 1. The van der Waals surface area contributed by atoms with Crippen molar-refractivity contribution in [1.82, 2.24) is 9.55 Å². The number of hydrogen-bond donors (Lipinski definition) is 1. The maximum Gasteiger partial charge on any atom is 0.319 e. The second kappa shape index (κ2) is 5.69. The van der Waals surface area contributed by atoms with Crippen molar-refractivity contribution in [2.24, 2.45) is 0 Å². The maximum atomic E-state index is 12.6. The molecule has 0 aliphatic heterocycles. The first-order valence-corrected chi connectivity index (χ1v) is 5.80. The van der Waals surface area contributed by atoms with Crippen LogP contribution in [0.3, 0.4) is 0 Å². The molecule has 1 aromatic heterocycles. The summed E-state index contributed by atoms with van der Waals surface area (Å²) >= 11 is 0. The van der Waals surface area contributed by atoms with Crippen LogP contribution in [0.15, 0.2) is 30.6 Å². The van der Waals surface area contributed by atoms with E-state index in [-0.39, 0.29) is 6.54 Å². The molecule has 0 unspecified atom stereocenters. The molecule has 1 aromatic carbocycles. The summed E-state index contributed by atoms with van der Waals surface area (Å²) in [5.74, 6) is 1.09. The topological polar surface area (TPSA) is 39.1 Å². The second-order valence-corrected chi connectivity index (χ2v) is 4.07. The van der Waals surface area contributed by atoms with Crippen LogP contribution in [0.5, 0.6) is 5.75 Å². The van der Waals surface area contributed by atoms with Gasteiger partial charge in [0.1, 0.15) is 11.6 Å². The van der Waals surface area contributed by atoms with Crippen molar-refractivity contribution in [3.8, 4) is 5.75 Å². The second-order valence-electron chi connectivity index (χ2n) is 4.07. The van der Waals surface area contributed by atoms with E-state index in [0.717, 1.165) is 21.6 Å². The Labute approximate surface area is 110 Å². The molecule has 0 atom stereocenters. The Morgan fingerprint density at radius 1 is 1.42 bits per heavy atom. The Bertz CT molecular complexity index is 555. The molecular formula is C13H15F2N3O. The van der Waals surface area contributed by atoms with E-state index < -0.39 is 6.55 Å². The summed E-state index contributed by atoms with van der Waals surface area (Å²) in [6.07, 6.45) is 2.63. The van der Waals surface area contributed by atoms with Crippen LogP contribution in [0.25, 0.3) is 0 Å². The number of methoxy groups -OCH3 is 1. The monoisotopic (exact) mass is 267 g/mol. The molecule has 0 spiro atoms. The summed E-state index contributed by atoms with van der Waals surface area (Å²) in [5.41, 5.74) is 1.81. The molecule has 1 N–H and O–H groups in total. The minimum Gasteiger partial charge on any atom is -0.496 e. The zero-order valence-corrected chi connectivity index (χ0v) is 10.7. The van der Waals surface area contributed by atoms with Crippen molar-refractivity contribution in [2.75, 3.05) is 12.4 Å². The van der Waals surface area contributed by atoms with Gasteiger partial charge in [-0.15, -0.1) is 0 Å². The largest absolute Gasteiger partial charge is 0.496 e. The molecule has 6 heteroatoms. The number of halogens is 2. The fourth-order valence-electron chi connectivity index (χ4n) is 1.83. The SMILES string of the molecule is COc1ccc(NCc2nccn2C(F)F)cc1C. The van der Waals surface area contributed by atoms with Crippen molar-refractivity contribution in [3.05, 3.63) is 42.0 Å². The molecule has 2 rings (SSSR count). The number of ether oxygens (including phenoxy) is 1. The highest BCUT2D eigenvalue weighted by atomic mass is 19.3. The molecule has 0 radical (unpaired) electrons. The van der Waals surface area contributed by atoms with Crippen LogP contribution in [0.4, 0.5) is 14.5 Å². The lowest BCUT2D eigenvalue weighted by Crippen LogP contribution is -2.09. The van der Waals surface area contributed by atoms with Crippen LogP contribution in [0.1, 0.15) is 17.9 Å². The van der Waals surface area contributed by atoms with Crippen LogP contribution >= 0.6 is 0 Å². The highest BCUT2D eigenvalue weighted by Crippen LogP contribution is 2.22. The van der Waals surface area contributed by atoms with Gasteiger partial charge in [0.2, 0.25) is 0 Å². The lowest BCUT2D eigenvalue weighted by molar-refractivity contribution is 0.0673. The van der Waals surface area contributed by atoms with Crippen LogP contribution in [0, 0.1) is 6.92 Å². The van der Waals surface area contributed by atoms with Gasteiger partial charge < -0.3 is 10.1 Å². The van der Waals surface area contributed by atoms with Crippen molar-refractivity contribution in [2.45, 2.75) is 20.0 Å². The minimum atomic E-state index is -2.57. The highest BCUT2D eigenvalue weighted by molar-refractivity contribution is 5.50. The molecule has 0 saturated carbocycles. The van der Waals surface area contributed by atoms with Gasteiger partial charge in [-0.05, 0) is 30.7 Å². The van der Waals surface area contributed by atoms with E-state index in [1.54, 1.807) is 7.11 Å². The standard InChI is InChI=1S/C13H15F2N3O/c1-9-7-10(3-4-11(9)19-2)17-8-12-16-5-6-18(12)13(14)15/h3-7,13,17H,8H2,1-2H3. The van der Waals surface area contributed by atoms with Gasteiger partial charge >= 0.3 is 6.55 Å². The number of rotatable bonds is 5. The molecule has 0 aliphatic carbocycles. The average Bonchev–Trinajstić information content (AvgIpc) is 2.85. The number of nitrogens with zero attached hydrogens (tertiary/aromatic N) is 2. The van der Waals surface area contributed by atoms with E-state index in [1.807, 2.05) is 25.1 Å². The highest BCUT2D eigenvalue weighted by Gasteiger charge is 2.10. The third-order valence-corrected chi connectivity index (χ3v) is 2.80. The number of alkyl halides is 2. The Morgan fingerprint density at radius 3 is 2.84 bits per heavy atom. The fraction of sp³-hybridized carbons (Fsp3) is 0.308. The lowest BCUT2D eigenvalue weighted by atomic mass is 10.2. The smallest absolute Gasteiger partial charge is 0.319 e. The van der Waals surface area contributed by atoms with Crippen LogP contribution in [0.2, 0.25) is 0 Å². The molecule has 0 bridgehead atoms. The van der Waals surface area contributed by atoms with Crippen molar-refractivity contribution in [3.63, 3.8) is 0 Å². The predicted octanol–water partition coefficient (Wildman–Crippen LogP) is 3.21. The summed E-state index contributed by atoms with van der Waals surface area (Å²) in [6.45, 7) is -0.412. The summed E-state index contributed by atoms with van der Waals surface area (Å²) < 4.78 is 31.3. The van der Waals surface area contributed by atoms with Crippen LogP contribution in [-0.2, 0) is 6.54 Å². The number of anilines is 1. The Hall–Kier alpha value is -2.11. The van der Waals surface area contributed by atoms with E-state index in [2.05, 4.69) is 10.3 Å². The summed E-state index contributed by atoms with van der Waals surface area (Å²) in [6, 6.07) is 5.56. The Morgan fingerprint density at radius 2 is 2.21 bits per heavy atom. The van der Waals surface area contributed by atoms with E-state index >= 15 is 0 Å². The fourth-order valence-corrected chi connectivity index (χ4v) is 1.83. The normalized spacial score (nSPS) is 10.8. The Balaban J connectivity index is 2.06. The number of nitrogens with one attached hydrogen (secondary N) is 1. The van der Waals surface area contributed by atoms with Crippen molar-refractivity contribution < 1.29 is 13.5 Å². The molecule has 0 fully saturated rings. The molecule has 4 nitrogen and oxygen atoms in total. The van der Waals surface area contributed by atoms with E-state index in [9.17, 15) is 8.78 Å². The number of benzene rings is 1. The minimum absolute atomic E-state index is 0.239. The van der Waals surface area contributed by atoms with Gasteiger partial charge in [-0.3, -0.25) is 4.57 Å². The van der Waals surface area contributed by atoms with Gasteiger partial charge in [-0.25, -0.2) is 4.98 Å². The van der Waals surface area contributed by atoms with Crippen LogP contribution in [-0.4, -0.2) is 16.7 Å². The van der Waals surface area contributed by atoms with E-state index in [1.165, 1.54) is 12.4 Å². The molecule has 0 saturated heterocycles. The maximum absolute atomic E-state index is 12.6. The Kier molecular flexibility index (Phi) is 3.99. The summed E-state index contributed by atoms with van der Waals surface area (Å²) in [5, 5.41) is 3.06. The average molecular weight is 267 g/mol. The third kappa shape index (κ3) is 3.01. The number of aromatic nitrogens is 2. The van der Waals surface area contributed by atoms with Gasteiger partial charge in [-0.2, -0.15) is 8.78 Å². The van der Waals surface area contributed by atoms with E-state index in [0.29, 0.717) is 5.82 Å². The van der Waals surface area contributed by atoms with Crippen molar-refractivity contribution >= 4 is 5.69 Å². The van der Waals surface area contributed by atoms with Gasteiger partial charge in [0, 0.05) is 18.1 Å². The first-order chi connectivity index (χ1) is 9.11. The first kappa shape index (κ1) is 13.3. The first-order valence-electron chi connectivity index (χ1n) is 5.80. The number of hydrogen-bond acceptors (Lipinski definition) is 3. The van der Waals surface area contributed by atoms with Gasteiger partial charge in [0.25, 0.3) is 0 Å². The zero-order chi connectivity index (χ0) is 13.8. The summed E-state index contributed by atoms with van der Waals surface area (Å²) in [7, 11) is 1.61. The van der Waals surface area contributed by atoms with E-state index in [4.69, 9.17) is 4.74 Å². The van der Waals surface area contributed by atoms with Gasteiger partial charge in [-0.1, -0.05) is 0 Å². The van der Waals surface area contributed by atoms with Gasteiger partial charge in [0.05, 0.1) is 13.7 Å². The zero-order valence-electron chi connectivity index (χ0n) is 10.7. The summed E-state index contributed by atoms with van der Waals surface area (Å²) in [4.78, 5) is 3.90. The predicted molar refractivity (Wildman–Crippen MR) is 68.5 cm³/mol. The molecule has 2 aromatic rings. The van der Waals surface area contributed by atoms with Crippen LogP contribution < -0.4 is 10.1 Å². The quantitative estimate of drug-likeness (QED) is 0.904. The third-order valence-electron chi connectivity index (χ3n) is 2.80. The van der Waals surface area contributed by atoms with Gasteiger partial charge in [0.15, 0.2) is 0 Å². The molecule has 0 aliphatic rings. The molecule has 0 amide bonds. The molecule has 19 heavy (non-hydrogen) atoms. The number of aryl methyl sites for hydroxylation is 1.